The molecule has 96 valence electrons. The highest BCUT2D eigenvalue weighted by Gasteiger charge is 1.97. The van der Waals surface area contributed by atoms with Gasteiger partial charge in [-0.1, -0.05) is 60.7 Å². The van der Waals surface area contributed by atoms with Gasteiger partial charge in [-0.3, -0.25) is 9.97 Å². The van der Waals surface area contributed by atoms with Crippen LogP contribution < -0.4 is 0 Å². The Morgan fingerprint density at radius 1 is 0.450 bits per heavy atom. The van der Waals surface area contributed by atoms with Crippen molar-refractivity contribution >= 4 is 21.5 Å². The Labute approximate surface area is 117 Å². The molecule has 1 heterocycles. The summed E-state index contributed by atoms with van der Waals surface area (Å²) in [4.78, 5) is 7.44. The second-order valence-corrected chi connectivity index (χ2v) is 4.40. The fourth-order valence-electron chi connectivity index (χ4n) is 2.21. The Morgan fingerprint density at radius 3 is 1.25 bits per heavy atom. The molecule has 0 unspecified atom stereocenters. The van der Waals surface area contributed by atoms with E-state index in [1.807, 2.05) is 0 Å². The number of rotatable bonds is 0. The van der Waals surface area contributed by atoms with Crippen molar-refractivity contribution in [2.45, 2.75) is 0 Å². The van der Waals surface area contributed by atoms with Gasteiger partial charge in [-0.05, 0) is 21.5 Å². The predicted molar refractivity (Wildman–Crippen MR) is 83.5 cm³/mol. The van der Waals surface area contributed by atoms with E-state index in [1.165, 1.54) is 21.5 Å². The van der Waals surface area contributed by atoms with Crippen molar-refractivity contribution in [2.24, 2.45) is 0 Å². The van der Waals surface area contributed by atoms with Crippen molar-refractivity contribution in [3.05, 3.63) is 85.5 Å². The average molecular weight is 258 g/mol. The summed E-state index contributed by atoms with van der Waals surface area (Å²) in [6.07, 6.45) is 6.56. The Balaban J connectivity index is 0.000000170. The van der Waals surface area contributed by atoms with Gasteiger partial charge in [-0.2, -0.15) is 0 Å². The van der Waals surface area contributed by atoms with Crippen LogP contribution in [0.3, 0.4) is 0 Å². The molecule has 0 fully saturated rings. The van der Waals surface area contributed by atoms with Crippen LogP contribution in [0.5, 0.6) is 0 Å². The zero-order valence-electron chi connectivity index (χ0n) is 11.0. The van der Waals surface area contributed by atoms with Gasteiger partial charge in [0.15, 0.2) is 0 Å². The van der Waals surface area contributed by atoms with Crippen LogP contribution in [0.2, 0.25) is 0 Å². The van der Waals surface area contributed by atoms with Gasteiger partial charge in [0, 0.05) is 24.8 Å². The van der Waals surface area contributed by atoms with Gasteiger partial charge >= 0.3 is 0 Å². The van der Waals surface area contributed by atoms with E-state index >= 15 is 0 Å². The maximum absolute atomic E-state index is 3.72. The second kappa shape index (κ2) is 5.93. The van der Waals surface area contributed by atoms with Gasteiger partial charge in [0.1, 0.15) is 0 Å². The molecular weight excluding hydrogens is 244 g/mol. The molecule has 0 amide bonds. The first kappa shape index (κ1) is 12.3. The van der Waals surface area contributed by atoms with Gasteiger partial charge < -0.3 is 0 Å². The molecule has 0 saturated carbocycles. The van der Waals surface area contributed by atoms with Crippen LogP contribution in [0.25, 0.3) is 21.5 Å². The summed E-state index contributed by atoms with van der Waals surface area (Å²) in [6, 6.07) is 21.4. The summed E-state index contributed by atoms with van der Waals surface area (Å²) >= 11 is 0. The van der Waals surface area contributed by atoms with E-state index in [1.54, 1.807) is 24.8 Å². The van der Waals surface area contributed by atoms with Crippen molar-refractivity contribution in [1.29, 1.82) is 0 Å². The maximum atomic E-state index is 3.72. The minimum absolute atomic E-state index is 1.31. The third-order valence-electron chi connectivity index (χ3n) is 3.13. The van der Waals surface area contributed by atoms with E-state index in [2.05, 4.69) is 70.6 Å². The SMILES string of the molecule is c1ccc2c(c1)ccc1ccccc12.c1cnccn1. The molecule has 0 bridgehead atoms. The third-order valence-corrected chi connectivity index (χ3v) is 3.13. The van der Waals surface area contributed by atoms with E-state index in [0.29, 0.717) is 0 Å². The summed E-state index contributed by atoms with van der Waals surface area (Å²) in [7, 11) is 0. The van der Waals surface area contributed by atoms with Crippen LogP contribution in [-0.2, 0) is 0 Å². The summed E-state index contributed by atoms with van der Waals surface area (Å²) in [5.74, 6) is 0. The molecule has 3 aromatic carbocycles. The van der Waals surface area contributed by atoms with E-state index in [0.717, 1.165) is 0 Å². The van der Waals surface area contributed by atoms with Crippen LogP contribution in [0.1, 0.15) is 0 Å². The number of benzene rings is 3. The fourth-order valence-corrected chi connectivity index (χ4v) is 2.21. The molecule has 0 radical (unpaired) electrons. The third kappa shape index (κ3) is 2.64. The van der Waals surface area contributed by atoms with Crippen LogP contribution in [-0.4, -0.2) is 9.97 Å². The Hall–Kier alpha value is -2.74. The molecule has 2 nitrogen and oxygen atoms in total. The standard InChI is InChI=1S/C14H10.C4H4N2/c1-3-7-13-11(5-1)9-10-12-6-2-4-8-14(12)13;1-2-6-4-3-5-1/h1-10H;1-4H. The molecule has 0 spiro atoms. The number of hydrogen-bond donors (Lipinski definition) is 0. The highest BCUT2D eigenvalue weighted by atomic mass is 14.7. The molecule has 0 aliphatic heterocycles. The van der Waals surface area contributed by atoms with Gasteiger partial charge in [-0.25, -0.2) is 0 Å². The number of aromatic nitrogens is 2. The first-order chi connectivity index (χ1) is 9.95. The first-order valence-corrected chi connectivity index (χ1v) is 6.51. The average Bonchev–Trinajstić information content (AvgIpc) is 2.57. The van der Waals surface area contributed by atoms with E-state index in [-0.39, 0.29) is 0 Å². The summed E-state index contributed by atoms with van der Waals surface area (Å²) in [5, 5.41) is 5.30. The Bertz CT molecular complexity index is 729. The lowest BCUT2D eigenvalue weighted by Gasteiger charge is -2.02. The van der Waals surface area contributed by atoms with Crippen LogP contribution >= 0.6 is 0 Å². The normalized spacial score (nSPS) is 10.0. The summed E-state index contributed by atoms with van der Waals surface area (Å²) in [5.41, 5.74) is 0. The minimum atomic E-state index is 1.31. The molecule has 4 aromatic rings. The lowest BCUT2D eigenvalue weighted by atomic mass is 10.0. The van der Waals surface area contributed by atoms with Crippen LogP contribution in [0, 0.1) is 0 Å². The van der Waals surface area contributed by atoms with E-state index in [4.69, 9.17) is 0 Å². The van der Waals surface area contributed by atoms with Gasteiger partial charge in [0.25, 0.3) is 0 Å². The molecule has 20 heavy (non-hydrogen) atoms. The Morgan fingerprint density at radius 2 is 0.850 bits per heavy atom. The number of nitrogens with zero attached hydrogens (tertiary/aromatic N) is 2. The molecule has 1 aromatic heterocycles. The molecule has 4 rings (SSSR count). The zero-order chi connectivity index (χ0) is 13.6. The van der Waals surface area contributed by atoms with Crippen LogP contribution in [0.4, 0.5) is 0 Å². The maximum Gasteiger partial charge on any atom is 0.0451 e. The van der Waals surface area contributed by atoms with Crippen molar-refractivity contribution < 1.29 is 0 Å². The zero-order valence-corrected chi connectivity index (χ0v) is 11.0. The number of hydrogen-bond acceptors (Lipinski definition) is 2. The molecule has 0 atom stereocenters. The van der Waals surface area contributed by atoms with Crippen LogP contribution in [0.15, 0.2) is 85.5 Å². The quantitative estimate of drug-likeness (QED) is 0.435. The monoisotopic (exact) mass is 258 g/mol. The lowest BCUT2D eigenvalue weighted by molar-refractivity contribution is 1.20. The van der Waals surface area contributed by atoms with Crippen molar-refractivity contribution in [3.63, 3.8) is 0 Å². The number of fused-ring (bicyclic) bond motifs is 3. The summed E-state index contributed by atoms with van der Waals surface area (Å²) in [6.45, 7) is 0. The molecule has 0 aliphatic carbocycles. The van der Waals surface area contributed by atoms with Crippen molar-refractivity contribution in [2.75, 3.05) is 0 Å². The van der Waals surface area contributed by atoms with Gasteiger partial charge in [-0.15, -0.1) is 0 Å². The first-order valence-electron chi connectivity index (χ1n) is 6.51. The lowest BCUT2D eigenvalue weighted by Crippen LogP contribution is -1.75. The molecule has 0 aliphatic rings. The largest absolute Gasteiger partial charge is 0.262 e. The Kier molecular flexibility index (Phi) is 3.65. The van der Waals surface area contributed by atoms with Gasteiger partial charge in [0.05, 0.1) is 0 Å². The van der Waals surface area contributed by atoms with Crippen molar-refractivity contribution in [3.8, 4) is 0 Å². The molecule has 0 saturated heterocycles. The smallest absolute Gasteiger partial charge is 0.0451 e. The van der Waals surface area contributed by atoms with Crippen molar-refractivity contribution in [1.82, 2.24) is 9.97 Å². The molecule has 0 N–H and O–H groups in total. The summed E-state index contributed by atoms with van der Waals surface area (Å²) < 4.78 is 0. The second-order valence-electron chi connectivity index (χ2n) is 4.40. The molecule has 2 heteroatoms. The topological polar surface area (TPSA) is 25.8 Å². The fraction of sp³-hybridized carbons (Fsp3) is 0. The highest BCUT2D eigenvalue weighted by Crippen LogP contribution is 2.24. The predicted octanol–water partition coefficient (Wildman–Crippen LogP) is 4.47. The van der Waals surface area contributed by atoms with Gasteiger partial charge in [0.2, 0.25) is 0 Å². The minimum Gasteiger partial charge on any atom is -0.262 e. The van der Waals surface area contributed by atoms with E-state index in [9.17, 15) is 0 Å². The van der Waals surface area contributed by atoms with E-state index < -0.39 is 0 Å². The molecular formula is C18H14N2. The highest BCUT2D eigenvalue weighted by molar-refractivity contribution is 6.07.